The number of aliphatic hydroxyl groups excluding tert-OH is 1. The summed E-state index contributed by atoms with van der Waals surface area (Å²) in [6.07, 6.45) is 1.20. The average molecular weight is 410 g/mol. The molecule has 2 heterocycles. The number of hydrogen-bond donors (Lipinski definition) is 3. The van der Waals surface area contributed by atoms with E-state index in [-0.39, 0.29) is 36.4 Å². The van der Waals surface area contributed by atoms with Crippen molar-refractivity contribution in [1.29, 1.82) is 0 Å². The third-order valence-corrected chi connectivity index (χ3v) is 7.74. The fourth-order valence-corrected chi connectivity index (χ4v) is 5.41. The highest BCUT2D eigenvalue weighted by atomic mass is 32.2. The van der Waals surface area contributed by atoms with Crippen molar-refractivity contribution >= 4 is 15.9 Å². The van der Waals surface area contributed by atoms with Crippen molar-refractivity contribution < 1.29 is 23.4 Å². The Kier molecular flexibility index (Phi) is 5.22. The maximum Gasteiger partial charge on any atom is 0.243 e. The van der Waals surface area contributed by atoms with Crippen molar-refractivity contribution in [1.82, 2.24) is 14.5 Å². The van der Waals surface area contributed by atoms with Crippen LogP contribution in [-0.4, -0.2) is 84.7 Å². The molecule has 2 aliphatic heterocycles. The molecule has 0 bridgehead atoms. The van der Waals surface area contributed by atoms with E-state index in [0.29, 0.717) is 19.0 Å². The SMILES string of the molecule is O=C(NCC1CC1)C1CN(C[C@]2(O)CN(S(=O)(=O)c3ccccc3)C[C@H]2O)C1. The minimum Gasteiger partial charge on any atom is -0.389 e. The first-order valence-electron chi connectivity index (χ1n) is 9.74. The van der Waals surface area contributed by atoms with Gasteiger partial charge in [-0.3, -0.25) is 9.69 Å². The lowest BCUT2D eigenvalue weighted by Crippen LogP contribution is -2.60. The maximum absolute atomic E-state index is 12.7. The molecule has 1 aromatic rings. The lowest BCUT2D eigenvalue weighted by molar-refractivity contribution is -0.133. The van der Waals surface area contributed by atoms with Crippen LogP contribution in [0.25, 0.3) is 0 Å². The molecule has 4 rings (SSSR count). The molecule has 1 aromatic carbocycles. The molecular formula is C19H27N3O5S. The quantitative estimate of drug-likeness (QED) is 0.546. The highest BCUT2D eigenvalue weighted by Crippen LogP contribution is 2.31. The molecule has 3 aliphatic rings. The van der Waals surface area contributed by atoms with Crippen LogP contribution in [-0.2, 0) is 14.8 Å². The van der Waals surface area contributed by atoms with Crippen molar-refractivity contribution in [2.45, 2.75) is 29.4 Å². The Bertz CT molecular complexity index is 823. The first-order chi connectivity index (χ1) is 13.3. The van der Waals surface area contributed by atoms with Crippen LogP contribution in [0.1, 0.15) is 12.8 Å². The molecule has 28 heavy (non-hydrogen) atoms. The van der Waals surface area contributed by atoms with Crippen LogP contribution in [0.5, 0.6) is 0 Å². The molecular weight excluding hydrogens is 382 g/mol. The fourth-order valence-electron chi connectivity index (χ4n) is 3.88. The summed E-state index contributed by atoms with van der Waals surface area (Å²) in [7, 11) is -3.77. The first-order valence-corrected chi connectivity index (χ1v) is 11.2. The van der Waals surface area contributed by atoms with Gasteiger partial charge in [0.25, 0.3) is 0 Å². The van der Waals surface area contributed by atoms with Crippen LogP contribution < -0.4 is 5.32 Å². The molecule has 9 heteroatoms. The van der Waals surface area contributed by atoms with E-state index in [1.165, 1.54) is 25.0 Å². The van der Waals surface area contributed by atoms with Gasteiger partial charge in [-0.05, 0) is 30.9 Å². The van der Waals surface area contributed by atoms with Crippen LogP contribution in [0.4, 0.5) is 0 Å². The van der Waals surface area contributed by atoms with Crippen molar-refractivity contribution in [3.8, 4) is 0 Å². The summed E-state index contributed by atoms with van der Waals surface area (Å²) in [5, 5.41) is 24.2. The van der Waals surface area contributed by atoms with Gasteiger partial charge in [0.15, 0.2) is 0 Å². The summed E-state index contributed by atoms with van der Waals surface area (Å²) in [5.74, 6) is 0.562. The lowest BCUT2D eigenvalue weighted by atomic mass is 9.93. The monoisotopic (exact) mass is 409 g/mol. The lowest BCUT2D eigenvalue weighted by Gasteiger charge is -2.42. The standard InChI is InChI=1S/C19H27N3O5S/c23-17-11-22(28(26,27)16-4-2-1-3-5-16)13-19(17,25)12-21-9-15(10-21)18(24)20-8-14-6-7-14/h1-5,14-15,17,23,25H,6-13H2,(H,20,24)/t17-,19+/m1/s1. The number of rotatable bonds is 7. The second-order valence-electron chi connectivity index (χ2n) is 8.31. The normalized spacial score (nSPS) is 29.6. The van der Waals surface area contributed by atoms with Gasteiger partial charge in [0, 0.05) is 39.3 Å². The number of aliphatic hydroxyl groups is 2. The van der Waals surface area contributed by atoms with Gasteiger partial charge in [-0.2, -0.15) is 4.31 Å². The molecule has 0 spiro atoms. The number of likely N-dealkylation sites (tertiary alicyclic amines) is 1. The van der Waals surface area contributed by atoms with E-state index in [1.807, 2.05) is 4.90 Å². The molecule has 0 radical (unpaired) electrons. The highest BCUT2D eigenvalue weighted by Gasteiger charge is 2.51. The van der Waals surface area contributed by atoms with E-state index in [1.54, 1.807) is 18.2 Å². The summed E-state index contributed by atoms with van der Waals surface area (Å²) in [5.41, 5.74) is -1.54. The Balaban J connectivity index is 1.32. The zero-order valence-electron chi connectivity index (χ0n) is 15.7. The van der Waals surface area contributed by atoms with Gasteiger partial charge in [-0.25, -0.2) is 8.42 Å². The Labute approximate surface area is 165 Å². The summed E-state index contributed by atoms with van der Waals surface area (Å²) in [6, 6.07) is 8.01. The predicted molar refractivity (Wildman–Crippen MR) is 102 cm³/mol. The average Bonchev–Trinajstić information content (AvgIpc) is 3.42. The highest BCUT2D eigenvalue weighted by molar-refractivity contribution is 7.89. The minimum atomic E-state index is -3.77. The molecule has 3 N–H and O–H groups in total. The fraction of sp³-hybridized carbons (Fsp3) is 0.632. The number of carbonyl (C=O) groups excluding carboxylic acids is 1. The van der Waals surface area contributed by atoms with Crippen LogP contribution in [0, 0.1) is 11.8 Å². The van der Waals surface area contributed by atoms with Crippen LogP contribution in [0.3, 0.4) is 0 Å². The second kappa shape index (κ2) is 7.38. The molecule has 154 valence electrons. The van der Waals surface area contributed by atoms with E-state index < -0.39 is 21.7 Å². The minimum absolute atomic E-state index is 0.0374. The second-order valence-corrected chi connectivity index (χ2v) is 10.2. The van der Waals surface area contributed by atoms with E-state index in [2.05, 4.69) is 5.32 Å². The van der Waals surface area contributed by atoms with Crippen molar-refractivity contribution in [2.24, 2.45) is 11.8 Å². The topological polar surface area (TPSA) is 110 Å². The van der Waals surface area contributed by atoms with E-state index >= 15 is 0 Å². The van der Waals surface area contributed by atoms with Gasteiger partial charge in [0.05, 0.1) is 16.9 Å². The van der Waals surface area contributed by atoms with Crippen LogP contribution in [0.15, 0.2) is 35.2 Å². The molecule has 3 fully saturated rings. The van der Waals surface area contributed by atoms with Crippen LogP contribution in [0.2, 0.25) is 0 Å². The number of sulfonamides is 1. The first kappa shape index (κ1) is 19.8. The maximum atomic E-state index is 12.7. The summed E-state index contributed by atoms with van der Waals surface area (Å²) >= 11 is 0. The van der Waals surface area contributed by atoms with E-state index in [0.717, 1.165) is 10.8 Å². The van der Waals surface area contributed by atoms with Crippen molar-refractivity contribution in [3.05, 3.63) is 30.3 Å². The molecule has 2 saturated heterocycles. The Morgan fingerprint density at radius 2 is 1.86 bits per heavy atom. The molecule has 0 unspecified atom stereocenters. The molecule has 0 aromatic heterocycles. The zero-order valence-corrected chi connectivity index (χ0v) is 16.5. The third-order valence-electron chi connectivity index (χ3n) is 5.92. The van der Waals surface area contributed by atoms with E-state index in [9.17, 15) is 23.4 Å². The smallest absolute Gasteiger partial charge is 0.243 e. The van der Waals surface area contributed by atoms with Crippen molar-refractivity contribution in [2.75, 3.05) is 39.3 Å². The van der Waals surface area contributed by atoms with E-state index in [4.69, 9.17) is 0 Å². The van der Waals surface area contributed by atoms with Crippen LogP contribution >= 0.6 is 0 Å². The summed E-state index contributed by atoms with van der Waals surface area (Å²) in [4.78, 5) is 14.1. The Morgan fingerprint density at radius 1 is 1.18 bits per heavy atom. The largest absolute Gasteiger partial charge is 0.389 e. The molecule has 1 saturated carbocycles. The Morgan fingerprint density at radius 3 is 2.50 bits per heavy atom. The van der Waals surface area contributed by atoms with Gasteiger partial charge in [0.1, 0.15) is 5.60 Å². The predicted octanol–water partition coefficient (Wildman–Crippen LogP) is -0.759. The van der Waals surface area contributed by atoms with Gasteiger partial charge < -0.3 is 15.5 Å². The summed E-state index contributed by atoms with van der Waals surface area (Å²) in [6.45, 7) is 1.59. The number of nitrogens with one attached hydrogen (secondary N) is 1. The van der Waals surface area contributed by atoms with Gasteiger partial charge in [0.2, 0.25) is 15.9 Å². The van der Waals surface area contributed by atoms with Gasteiger partial charge >= 0.3 is 0 Å². The molecule has 2 atom stereocenters. The Hall–Kier alpha value is -1.52. The zero-order chi connectivity index (χ0) is 19.9. The number of benzene rings is 1. The molecule has 1 amide bonds. The molecule has 8 nitrogen and oxygen atoms in total. The van der Waals surface area contributed by atoms with Crippen molar-refractivity contribution in [3.63, 3.8) is 0 Å². The number of amides is 1. The number of nitrogens with zero attached hydrogens (tertiary/aromatic N) is 2. The summed E-state index contributed by atoms with van der Waals surface area (Å²) < 4.78 is 26.6. The third kappa shape index (κ3) is 3.95. The van der Waals surface area contributed by atoms with Gasteiger partial charge in [-0.15, -0.1) is 0 Å². The number of β-amino-alcohol motifs (C(OH)–C–C–N with tert-alkyl or cyclic N) is 2. The molecule has 1 aliphatic carbocycles. The van der Waals surface area contributed by atoms with Gasteiger partial charge in [-0.1, -0.05) is 18.2 Å². The number of carbonyl (C=O) groups is 1. The number of hydrogen-bond acceptors (Lipinski definition) is 6.